The number of imidazole rings is 1. The summed E-state index contributed by atoms with van der Waals surface area (Å²) in [7, 11) is 0. The van der Waals surface area contributed by atoms with Crippen LogP contribution in [0, 0.1) is 0 Å². The number of esters is 1. The highest BCUT2D eigenvalue weighted by Crippen LogP contribution is 2.20. The lowest BCUT2D eigenvalue weighted by molar-refractivity contribution is -0.143. The number of aromatic nitrogens is 2. The Hall–Kier alpha value is -1.75. The number of ether oxygens (including phenoxy) is 1. The maximum absolute atomic E-state index is 11.8. The molecule has 0 saturated heterocycles. The van der Waals surface area contributed by atoms with E-state index in [1.165, 1.54) is 11.8 Å². The Morgan fingerprint density at radius 2 is 2.22 bits per heavy atom. The highest BCUT2D eigenvalue weighted by atomic mass is 32.2. The zero-order chi connectivity index (χ0) is 12.8. The van der Waals surface area contributed by atoms with E-state index in [0.29, 0.717) is 6.61 Å². The molecular weight excluding hydrogens is 248 g/mol. The summed E-state index contributed by atoms with van der Waals surface area (Å²) in [6.07, 6.45) is 3.38. The van der Waals surface area contributed by atoms with E-state index in [1.807, 2.05) is 30.3 Å². The minimum absolute atomic E-state index is 0.236. The second-order valence-corrected chi connectivity index (χ2v) is 5.08. The summed E-state index contributed by atoms with van der Waals surface area (Å²) in [6.45, 7) is 2.11. The Kier molecular flexibility index (Phi) is 4.41. The summed E-state index contributed by atoms with van der Waals surface area (Å²) < 4.78 is 5.24. The maximum atomic E-state index is 11.8. The van der Waals surface area contributed by atoms with Gasteiger partial charge in [0.15, 0.2) is 5.16 Å². The molecule has 1 heterocycles. The normalized spacial score (nSPS) is 12.1. The molecule has 5 heteroatoms. The second-order valence-electron chi connectivity index (χ2n) is 3.75. The molecule has 0 bridgehead atoms. The van der Waals surface area contributed by atoms with Crippen molar-refractivity contribution in [2.24, 2.45) is 0 Å². The lowest BCUT2D eigenvalue weighted by Gasteiger charge is -2.09. The van der Waals surface area contributed by atoms with Crippen LogP contribution < -0.4 is 0 Å². The summed E-state index contributed by atoms with van der Waals surface area (Å²) in [4.78, 5) is 18.8. The van der Waals surface area contributed by atoms with Crippen LogP contribution in [0.2, 0.25) is 0 Å². The first-order chi connectivity index (χ1) is 8.75. The molecule has 94 valence electrons. The van der Waals surface area contributed by atoms with Gasteiger partial charge in [0, 0.05) is 12.4 Å². The molecule has 0 aliphatic heterocycles. The van der Waals surface area contributed by atoms with Gasteiger partial charge in [0.2, 0.25) is 0 Å². The number of hydrogen-bond acceptors (Lipinski definition) is 4. The van der Waals surface area contributed by atoms with E-state index in [1.54, 1.807) is 19.3 Å². The summed E-state index contributed by atoms with van der Waals surface area (Å²) in [5.74, 6) is -0.236. The average Bonchev–Trinajstić information content (AvgIpc) is 2.90. The van der Waals surface area contributed by atoms with Gasteiger partial charge >= 0.3 is 5.97 Å². The number of carbonyl (C=O) groups excluding carboxylic acids is 1. The van der Waals surface area contributed by atoms with Crippen molar-refractivity contribution >= 4 is 17.7 Å². The fourth-order valence-electron chi connectivity index (χ4n) is 1.38. The highest BCUT2D eigenvalue weighted by Gasteiger charge is 2.17. The predicted octanol–water partition coefficient (Wildman–Crippen LogP) is 2.63. The Morgan fingerprint density at radius 1 is 1.44 bits per heavy atom. The third-order valence-electron chi connectivity index (χ3n) is 2.32. The summed E-state index contributed by atoms with van der Waals surface area (Å²) in [5, 5.41) is 0.444. The number of rotatable bonds is 5. The van der Waals surface area contributed by atoms with Crippen molar-refractivity contribution in [1.29, 1.82) is 0 Å². The monoisotopic (exact) mass is 262 g/mol. The van der Waals surface area contributed by atoms with Gasteiger partial charge < -0.3 is 9.72 Å². The van der Waals surface area contributed by atoms with Crippen molar-refractivity contribution < 1.29 is 9.53 Å². The van der Waals surface area contributed by atoms with Gasteiger partial charge in [0.25, 0.3) is 0 Å². The standard InChI is InChI=1S/C13H14N2O2S/c1-10(18-13-14-7-8-15-13)12(16)17-9-11-5-3-2-4-6-11/h2-8,10H,9H2,1H3,(H,14,15). The molecule has 1 N–H and O–H groups in total. The molecule has 1 unspecified atom stereocenters. The third kappa shape index (κ3) is 3.63. The molecule has 2 aromatic rings. The van der Waals surface area contributed by atoms with E-state index in [9.17, 15) is 4.79 Å². The van der Waals surface area contributed by atoms with Crippen LogP contribution in [-0.2, 0) is 16.1 Å². The fourth-order valence-corrected chi connectivity index (χ4v) is 2.13. The van der Waals surface area contributed by atoms with Crippen LogP contribution in [0.15, 0.2) is 47.9 Å². The van der Waals surface area contributed by atoms with Crippen molar-refractivity contribution in [1.82, 2.24) is 9.97 Å². The summed E-state index contributed by atoms with van der Waals surface area (Å²) in [5.41, 5.74) is 0.987. The largest absolute Gasteiger partial charge is 0.460 e. The van der Waals surface area contributed by atoms with Gasteiger partial charge in [0.05, 0.1) is 0 Å². The third-order valence-corrected chi connectivity index (χ3v) is 3.31. The molecule has 0 aliphatic carbocycles. The van der Waals surface area contributed by atoms with Crippen molar-refractivity contribution in [2.75, 3.05) is 0 Å². The van der Waals surface area contributed by atoms with Crippen molar-refractivity contribution in [3.8, 4) is 0 Å². The second kappa shape index (κ2) is 6.26. The van der Waals surface area contributed by atoms with Crippen molar-refractivity contribution in [3.63, 3.8) is 0 Å². The van der Waals surface area contributed by atoms with Gasteiger partial charge in [-0.15, -0.1) is 0 Å². The van der Waals surface area contributed by atoms with Crippen LogP contribution in [-0.4, -0.2) is 21.2 Å². The molecule has 0 fully saturated rings. The smallest absolute Gasteiger partial charge is 0.319 e. The molecule has 0 radical (unpaired) electrons. The van der Waals surface area contributed by atoms with Crippen LogP contribution in [0.3, 0.4) is 0 Å². The van der Waals surface area contributed by atoms with Crippen LogP contribution in [0.25, 0.3) is 0 Å². The molecule has 4 nitrogen and oxygen atoms in total. The van der Waals surface area contributed by atoms with Crippen LogP contribution in [0.4, 0.5) is 0 Å². The number of aromatic amines is 1. The summed E-state index contributed by atoms with van der Waals surface area (Å²) in [6, 6.07) is 9.63. The van der Waals surface area contributed by atoms with Gasteiger partial charge in [-0.05, 0) is 12.5 Å². The number of nitrogens with one attached hydrogen (secondary N) is 1. The van der Waals surface area contributed by atoms with Crippen LogP contribution in [0.5, 0.6) is 0 Å². The minimum atomic E-state index is -0.278. The Morgan fingerprint density at radius 3 is 2.89 bits per heavy atom. The SMILES string of the molecule is CC(Sc1ncc[nH]1)C(=O)OCc1ccccc1. The van der Waals surface area contributed by atoms with Gasteiger partial charge in [-0.3, -0.25) is 4.79 Å². The average molecular weight is 262 g/mol. The Bertz CT molecular complexity index is 485. The fraction of sp³-hybridized carbons (Fsp3) is 0.231. The number of nitrogens with zero attached hydrogens (tertiary/aromatic N) is 1. The molecule has 0 saturated carbocycles. The van der Waals surface area contributed by atoms with Crippen molar-refractivity contribution in [3.05, 3.63) is 48.3 Å². The zero-order valence-corrected chi connectivity index (χ0v) is 10.8. The van der Waals surface area contributed by atoms with Crippen LogP contribution >= 0.6 is 11.8 Å². The van der Waals surface area contributed by atoms with Gasteiger partial charge in [-0.2, -0.15) is 0 Å². The van der Waals surface area contributed by atoms with E-state index < -0.39 is 0 Å². The minimum Gasteiger partial charge on any atom is -0.460 e. The lowest BCUT2D eigenvalue weighted by atomic mass is 10.2. The predicted molar refractivity (Wildman–Crippen MR) is 70.1 cm³/mol. The maximum Gasteiger partial charge on any atom is 0.319 e. The number of carbonyl (C=O) groups is 1. The highest BCUT2D eigenvalue weighted by molar-refractivity contribution is 8.00. The number of thioether (sulfide) groups is 1. The van der Waals surface area contributed by atoms with E-state index >= 15 is 0 Å². The molecular formula is C13H14N2O2S. The number of hydrogen-bond donors (Lipinski definition) is 1. The summed E-state index contributed by atoms with van der Waals surface area (Å²) >= 11 is 1.35. The van der Waals surface area contributed by atoms with E-state index in [4.69, 9.17) is 4.74 Å². The molecule has 1 atom stereocenters. The van der Waals surface area contributed by atoms with E-state index in [2.05, 4.69) is 9.97 Å². The van der Waals surface area contributed by atoms with E-state index in [-0.39, 0.29) is 11.2 Å². The Balaban J connectivity index is 1.81. The lowest BCUT2D eigenvalue weighted by Crippen LogP contribution is -2.16. The molecule has 18 heavy (non-hydrogen) atoms. The molecule has 1 aromatic heterocycles. The topological polar surface area (TPSA) is 55.0 Å². The van der Waals surface area contributed by atoms with Gasteiger partial charge in [-0.1, -0.05) is 42.1 Å². The van der Waals surface area contributed by atoms with Gasteiger partial charge in [-0.25, -0.2) is 4.98 Å². The number of benzene rings is 1. The van der Waals surface area contributed by atoms with Gasteiger partial charge in [0.1, 0.15) is 11.9 Å². The quantitative estimate of drug-likeness (QED) is 0.665. The molecule has 2 rings (SSSR count). The molecule has 0 amide bonds. The first-order valence-corrected chi connectivity index (χ1v) is 6.50. The van der Waals surface area contributed by atoms with Crippen LogP contribution in [0.1, 0.15) is 12.5 Å². The zero-order valence-electron chi connectivity index (χ0n) is 10.00. The first kappa shape index (κ1) is 12.7. The molecule has 0 spiro atoms. The molecule has 1 aromatic carbocycles. The Labute approximate surface area is 110 Å². The van der Waals surface area contributed by atoms with E-state index in [0.717, 1.165) is 10.7 Å². The van der Waals surface area contributed by atoms with Crippen molar-refractivity contribution in [2.45, 2.75) is 23.9 Å². The molecule has 0 aliphatic rings. The first-order valence-electron chi connectivity index (χ1n) is 5.62. The number of H-pyrrole nitrogens is 1.